The summed E-state index contributed by atoms with van der Waals surface area (Å²) in [5.74, 6) is -0.0787. The highest BCUT2D eigenvalue weighted by atomic mass is 16.1. The van der Waals surface area contributed by atoms with Crippen LogP contribution in [0.2, 0.25) is 0 Å². The van der Waals surface area contributed by atoms with E-state index in [9.17, 15) is 4.79 Å². The van der Waals surface area contributed by atoms with Crippen LogP contribution in [0.1, 0.15) is 27.2 Å². The molecule has 0 fully saturated rings. The molecule has 104 valence electrons. The molecule has 1 amide bonds. The number of aryl methyl sites for hydroxylation is 2. The predicted molar refractivity (Wildman–Crippen MR) is 80.9 cm³/mol. The van der Waals surface area contributed by atoms with E-state index in [1.165, 1.54) is 0 Å². The third kappa shape index (κ3) is 3.35. The molecule has 0 aliphatic rings. The number of amides is 1. The van der Waals surface area contributed by atoms with E-state index in [0.29, 0.717) is 12.1 Å². The number of benzene rings is 1. The summed E-state index contributed by atoms with van der Waals surface area (Å²) in [7, 11) is 1.63. The number of rotatable bonds is 4. The molecular formula is C16H19N3O. The van der Waals surface area contributed by atoms with Crippen LogP contribution in [0.4, 0.5) is 5.69 Å². The molecule has 0 atom stereocenters. The van der Waals surface area contributed by atoms with Crippen LogP contribution in [-0.2, 0) is 6.54 Å². The van der Waals surface area contributed by atoms with E-state index < -0.39 is 0 Å². The summed E-state index contributed by atoms with van der Waals surface area (Å²) < 4.78 is 0. The molecule has 0 aliphatic heterocycles. The first-order valence-corrected chi connectivity index (χ1v) is 6.58. The van der Waals surface area contributed by atoms with Crippen molar-refractivity contribution in [3.63, 3.8) is 0 Å². The molecule has 0 saturated heterocycles. The van der Waals surface area contributed by atoms with Crippen LogP contribution in [0.3, 0.4) is 0 Å². The van der Waals surface area contributed by atoms with E-state index in [2.05, 4.69) is 15.6 Å². The second-order valence-electron chi connectivity index (χ2n) is 4.77. The summed E-state index contributed by atoms with van der Waals surface area (Å²) >= 11 is 0. The first kappa shape index (κ1) is 14.1. The third-order valence-corrected chi connectivity index (χ3v) is 3.18. The van der Waals surface area contributed by atoms with Crippen molar-refractivity contribution < 1.29 is 4.79 Å². The van der Waals surface area contributed by atoms with Crippen molar-refractivity contribution in [1.29, 1.82) is 0 Å². The second-order valence-corrected chi connectivity index (χ2v) is 4.77. The van der Waals surface area contributed by atoms with E-state index in [1.54, 1.807) is 7.05 Å². The highest BCUT2D eigenvalue weighted by Crippen LogP contribution is 2.18. The minimum Gasteiger partial charge on any atom is -0.381 e. The zero-order chi connectivity index (χ0) is 14.5. The van der Waals surface area contributed by atoms with Gasteiger partial charge in [0.25, 0.3) is 5.91 Å². The molecule has 4 heteroatoms. The SMILES string of the molecule is CNC(=O)c1ccc(C)c(NCc2ccc(C)nc2)c1. The molecule has 0 unspecified atom stereocenters. The molecular weight excluding hydrogens is 250 g/mol. The maximum atomic E-state index is 11.6. The maximum Gasteiger partial charge on any atom is 0.251 e. The van der Waals surface area contributed by atoms with Crippen molar-refractivity contribution in [2.45, 2.75) is 20.4 Å². The largest absolute Gasteiger partial charge is 0.381 e. The molecule has 0 aliphatic carbocycles. The Morgan fingerprint density at radius 1 is 1.20 bits per heavy atom. The van der Waals surface area contributed by atoms with Crippen molar-refractivity contribution in [2.75, 3.05) is 12.4 Å². The summed E-state index contributed by atoms with van der Waals surface area (Å²) in [5.41, 5.74) is 4.85. The summed E-state index contributed by atoms with van der Waals surface area (Å²) in [6.07, 6.45) is 1.86. The lowest BCUT2D eigenvalue weighted by Gasteiger charge is -2.11. The molecule has 1 heterocycles. The van der Waals surface area contributed by atoms with Crippen LogP contribution >= 0.6 is 0 Å². The van der Waals surface area contributed by atoms with E-state index in [-0.39, 0.29) is 5.91 Å². The molecule has 2 aromatic rings. The van der Waals surface area contributed by atoms with Crippen LogP contribution in [-0.4, -0.2) is 17.9 Å². The zero-order valence-electron chi connectivity index (χ0n) is 12.0. The molecule has 1 aromatic carbocycles. The molecule has 2 N–H and O–H groups in total. The number of anilines is 1. The van der Waals surface area contributed by atoms with Gasteiger partial charge in [-0.1, -0.05) is 12.1 Å². The zero-order valence-corrected chi connectivity index (χ0v) is 12.0. The molecule has 0 saturated carbocycles. The number of nitrogens with one attached hydrogen (secondary N) is 2. The Bertz CT molecular complexity index is 606. The smallest absolute Gasteiger partial charge is 0.251 e. The fourth-order valence-electron chi connectivity index (χ4n) is 1.90. The van der Waals surface area contributed by atoms with Gasteiger partial charge in [-0.25, -0.2) is 0 Å². The van der Waals surface area contributed by atoms with Crippen molar-refractivity contribution in [1.82, 2.24) is 10.3 Å². The van der Waals surface area contributed by atoms with Gasteiger partial charge < -0.3 is 10.6 Å². The van der Waals surface area contributed by atoms with Crippen LogP contribution in [0, 0.1) is 13.8 Å². The van der Waals surface area contributed by atoms with Gasteiger partial charge >= 0.3 is 0 Å². The fraction of sp³-hybridized carbons (Fsp3) is 0.250. The summed E-state index contributed by atoms with van der Waals surface area (Å²) in [6.45, 7) is 4.67. The minimum atomic E-state index is -0.0787. The third-order valence-electron chi connectivity index (χ3n) is 3.18. The summed E-state index contributed by atoms with van der Waals surface area (Å²) in [4.78, 5) is 15.9. The van der Waals surface area contributed by atoms with Crippen molar-refractivity contribution in [3.8, 4) is 0 Å². The molecule has 2 rings (SSSR count). The standard InChI is InChI=1S/C16H19N3O/c1-11-4-7-14(16(20)17-3)8-15(11)19-10-13-6-5-12(2)18-9-13/h4-9,19H,10H2,1-3H3,(H,17,20). The first-order valence-electron chi connectivity index (χ1n) is 6.58. The number of carbonyl (C=O) groups excluding carboxylic acids is 1. The molecule has 0 bridgehead atoms. The average molecular weight is 269 g/mol. The molecule has 0 radical (unpaired) electrons. The van der Waals surface area contributed by atoms with E-state index in [1.807, 2.05) is 50.4 Å². The highest BCUT2D eigenvalue weighted by Gasteiger charge is 2.06. The van der Waals surface area contributed by atoms with Crippen LogP contribution in [0.15, 0.2) is 36.5 Å². The number of nitrogens with zero attached hydrogens (tertiary/aromatic N) is 1. The van der Waals surface area contributed by atoms with Gasteiger partial charge in [-0.3, -0.25) is 9.78 Å². The van der Waals surface area contributed by atoms with Gasteiger partial charge in [-0.15, -0.1) is 0 Å². The maximum absolute atomic E-state index is 11.6. The monoisotopic (exact) mass is 269 g/mol. The van der Waals surface area contributed by atoms with Crippen molar-refractivity contribution >= 4 is 11.6 Å². The number of carbonyl (C=O) groups is 1. The number of aromatic nitrogens is 1. The fourth-order valence-corrected chi connectivity index (χ4v) is 1.90. The molecule has 1 aromatic heterocycles. The second kappa shape index (κ2) is 6.19. The van der Waals surface area contributed by atoms with E-state index in [4.69, 9.17) is 0 Å². The van der Waals surface area contributed by atoms with Gasteiger partial charge in [-0.2, -0.15) is 0 Å². The minimum absolute atomic E-state index is 0.0787. The number of hydrogen-bond donors (Lipinski definition) is 2. The van der Waals surface area contributed by atoms with E-state index in [0.717, 1.165) is 22.5 Å². The Labute approximate surface area is 119 Å². The molecule has 20 heavy (non-hydrogen) atoms. The van der Waals surface area contributed by atoms with Gasteiger partial charge in [0.2, 0.25) is 0 Å². The predicted octanol–water partition coefficient (Wildman–Crippen LogP) is 2.67. The summed E-state index contributed by atoms with van der Waals surface area (Å²) in [5, 5.41) is 5.98. The molecule has 4 nitrogen and oxygen atoms in total. The Morgan fingerprint density at radius 3 is 2.65 bits per heavy atom. The Kier molecular flexibility index (Phi) is 4.35. The molecule has 0 spiro atoms. The van der Waals surface area contributed by atoms with Gasteiger partial charge in [-0.05, 0) is 43.2 Å². The number of hydrogen-bond acceptors (Lipinski definition) is 3. The Hall–Kier alpha value is -2.36. The van der Waals surface area contributed by atoms with Crippen LogP contribution < -0.4 is 10.6 Å². The lowest BCUT2D eigenvalue weighted by Crippen LogP contribution is -2.18. The lowest BCUT2D eigenvalue weighted by atomic mass is 10.1. The Morgan fingerprint density at radius 2 is 2.00 bits per heavy atom. The van der Waals surface area contributed by atoms with Gasteiger partial charge in [0.05, 0.1) is 0 Å². The van der Waals surface area contributed by atoms with E-state index >= 15 is 0 Å². The normalized spacial score (nSPS) is 10.2. The van der Waals surface area contributed by atoms with Gasteiger partial charge in [0.15, 0.2) is 0 Å². The Balaban J connectivity index is 2.12. The quantitative estimate of drug-likeness (QED) is 0.897. The average Bonchev–Trinajstić information content (AvgIpc) is 2.47. The van der Waals surface area contributed by atoms with Crippen molar-refractivity contribution in [3.05, 3.63) is 58.9 Å². The lowest BCUT2D eigenvalue weighted by molar-refractivity contribution is 0.0963. The highest BCUT2D eigenvalue weighted by molar-refractivity contribution is 5.95. The van der Waals surface area contributed by atoms with Crippen molar-refractivity contribution in [2.24, 2.45) is 0 Å². The summed E-state index contributed by atoms with van der Waals surface area (Å²) in [6, 6.07) is 9.68. The first-order chi connectivity index (χ1) is 9.60. The van der Waals surface area contributed by atoms with Gasteiger partial charge in [0.1, 0.15) is 0 Å². The van der Waals surface area contributed by atoms with Gasteiger partial charge in [0, 0.05) is 36.7 Å². The van der Waals surface area contributed by atoms with Crippen LogP contribution in [0.25, 0.3) is 0 Å². The van der Waals surface area contributed by atoms with Crippen LogP contribution in [0.5, 0.6) is 0 Å². The number of pyridine rings is 1. The topological polar surface area (TPSA) is 54.0 Å².